The summed E-state index contributed by atoms with van der Waals surface area (Å²) in [6, 6.07) is 0.346. The maximum absolute atomic E-state index is 14.4. The highest BCUT2D eigenvalue weighted by molar-refractivity contribution is 4.93. The summed E-state index contributed by atoms with van der Waals surface area (Å²) < 4.78 is 19.5. The molecular formula is C21H40FN5O2. The molecule has 0 bridgehead atoms. The lowest BCUT2D eigenvalue weighted by Crippen LogP contribution is -2.54. The average molecular weight is 414 g/mol. The van der Waals surface area contributed by atoms with Crippen molar-refractivity contribution in [2.75, 3.05) is 39.9 Å². The number of alkyl halides is 1. The van der Waals surface area contributed by atoms with E-state index >= 15 is 0 Å². The fourth-order valence-electron chi connectivity index (χ4n) is 5.64. The lowest BCUT2D eigenvalue weighted by Gasteiger charge is -2.35. The van der Waals surface area contributed by atoms with E-state index in [-0.39, 0.29) is 18.3 Å². The van der Waals surface area contributed by atoms with Gasteiger partial charge in [-0.1, -0.05) is 12.8 Å². The summed E-state index contributed by atoms with van der Waals surface area (Å²) in [5.74, 6) is 0.725. The van der Waals surface area contributed by atoms with Gasteiger partial charge in [-0.25, -0.2) is 4.39 Å². The van der Waals surface area contributed by atoms with E-state index in [4.69, 9.17) is 9.57 Å². The summed E-state index contributed by atoms with van der Waals surface area (Å²) in [6.45, 7) is 4.55. The van der Waals surface area contributed by atoms with Crippen LogP contribution < -0.4 is 21.4 Å². The summed E-state index contributed by atoms with van der Waals surface area (Å²) in [4.78, 5) is 8.51. The van der Waals surface area contributed by atoms with Crippen LogP contribution in [-0.2, 0) is 9.57 Å². The number of methoxy groups -OCH3 is 1. The van der Waals surface area contributed by atoms with Crippen molar-refractivity contribution in [1.29, 1.82) is 0 Å². The number of likely N-dealkylation sites (tertiary alicyclic amines) is 1. The van der Waals surface area contributed by atoms with Gasteiger partial charge >= 0.3 is 0 Å². The minimum Gasteiger partial charge on any atom is -0.383 e. The van der Waals surface area contributed by atoms with Crippen LogP contribution in [0.25, 0.3) is 0 Å². The maximum atomic E-state index is 14.4. The molecule has 1 saturated carbocycles. The normalized spacial score (nSPS) is 41.8. The van der Waals surface area contributed by atoms with E-state index in [2.05, 4.69) is 26.3 Å². The van der Waals surface area contributed by atoms with Gasteiger partial charge in [-0.3, -0.25) is 20.4 Å². The summed E-state index contributed by atoms with van der Waals surface area (Å²) in [5.41, 5.74) is 3.28. The molecule has 0 amide bonds. The highest BCUT2D eigenvalue weighted by atomic mass is 19.1. The quantitative estimate of drug-likeness (QED) is 0.448. The van der Waals surface area contributed by atoms with Crippen LogP contribution in [0, 0.1) is 11.8 Å². The lowest BCUT2D eigenvalue weighted by molar-refractivity contribution is -0.0300. The predicted molar refractivity (Wildman–Crippen MR) is 111 cm³/mol. The van der Waals surface area contributed by atoms with Crippen molar-refractivity contribution in [3.63, 3.8) is 0 Å². The third-order valence-corrected chi connectivity index (χ3v) is 7.33. The molecule has 3 saturated heterocycles. The molecular weight excluding hydrogens is 373 g/mol. The SMILES string of the molecule is COCCNC1CC(C2NOC([C@H]3CCCN3CC3CCCCC3F)N2)CCN1. The smallest absolute Gasteiger partial charge is 0.146 e. The molecule has 3 aliphatic heterocycles. The fourth-order valence-corrected chi connectivity index (χ4v) is 5.64. The second kappa shape index (κ2) is 10.8. The van der Waals surface area contributed by atoms with Gasteiger partial charge in [-0.15, -0.1) is 0 Å². The molecule has 8 heteroatoms. The summed E-state index contributed by atoms with van der Waals surface area (Å²) in [5, 5.41) is 10.8. The monoisotopic (exact) mass is 413 g/mol. The minimum absolute atomic E-state index is 0.000983. The first-order chi connectivity index (χ1) is 14.2. The van der Waals surface area contributed by atoms with E-state index in [9.17, 15) is 4.39 Å². The third kappa shape index (κ3) is 5.67. The average Bonchev–Trinajstić information content (AvgIpc) is 3.40. The number of hydrogen-bond acceptors (Lipinski definition) is 7. The minimum atomic E-state index is -0.620. The summed E-state index contributed by atoms with van der Waals surface area (Å²) >= 11 is 0. The van der Waals surface area contributed by atoms with Crippen molar-refractivity contribution in [1.82, 2.24) is 26.3 Å². The van der Waals surface area contributed by atoms with Crippen LogP contribution in [0.4, 0.5) is 4.39 Å². The molecule has 0 aromatic rings. The Hall–Kier alpha value is -0.350. The molecule has 4 aliphatic rings. The number of halogens is 1. The van der Waals surface area contributed by atoms with Gasteiger partial charge in [0.15, 0.2) is 0 Å². The zero-order valence-electron chi connectivity index (χ0n) is 17.9. The van der Waals surface area contributed by atoms with Gasteiger partial charge in [0.25, 0.3) is 0 Å². The third-order valence-electron chi connectivity index (χ3n) is 7.33. The van der Waals surface area contributed by atoms with Gasteiger partial charge in [-0.2, -0.15) is 5.48 Å². The van der Waals surface area contributed by atoms with Crippen molar-refractivity contribution in [2.45, 2.75) is 82.1 Å². The molecule has 4 fully saturated rings. The molecule has 6 unspecified atom stereocenters. The number of nitrogens with zero attached hydrogens (tertiary/aromatic N) is 1. The number of piperidine rings is 1. The molecule has 0 radical (unpaired) electrons. The van der Waals surface area contributed by atoms with E-state index in [1.165, 1.54) is 12.8 Å². The van der Waals surface area contributed by atoms with Crippen LogP contribution in [0.1, 0.15) is 51.4 Å². The second-order valence-corrected chi connectivity index (χ2v) is 9.30. The van der Waals surface area contributed by atoms with Gasteiger partial charge in [-0.05, 0) is 57.5 Å². The van der Waals surface area contributed by atoms with Crippen molar-refractivity contribution in [3.05, 3.63) is 0 Å². The van der Waals surface area contributed by atoms with Crippen LogP contribution in [0.15, 0.2) is 0 Å². The Kier molecular flexibility index (Phi) is 8.14. The summed E-state index contributed by atoms with van der Waals surface area (Å²) in [6.07, 6.45) is 8.40. The first-order valence-electron chi connectivity index (χ1n) is 11.8. The first-order valence-corrected chi connectivity index (χ1v) is 11.8. The molecule has 3 heterocycles. The number of rotatable bonds is 8. The Labute approximate surface area is 174 Å². The van der Waals surface area contributed by atoms with E-state index in [1.54, 1.807) is 7.11 Å². The van der Waals surface area contributed by atoms with Crippen LogP contribution in [-0.4, -0.2) is 75.6 Å². The Morgan fingerprint density at radius 3 is 2.93 bits per heavy atom. The Bertz CT molecular complexity index is 502. The standard InChI is InChI=1S/C21H40FN5O2/c1-28-12-10-24-19-13-15(8-9-23-19)20-25-21(29-26-20)18-7-4-11-27(18)14-16-5-2-3-6-17(16)22/h15-21,23-26H,2-14H2,1H3/t15?,16?,17?,18-,19?,20?,21?/m1/s1. The molecule has 7 atom stereocenters. The number of hydroxylamine groups is 1. The zero-order valence-corrected chi connectivity index (χ0v) is 17.9. The molecule has 4 rings (SSSR count). The molecule has 29 heavy (non-hydrogen) atoms. The van der Waals surface area contributed by atoms with E-state index < -0.39 is 6.17 Å². The molecule has 7 nitrogen and oxygen atoms in total. The van der Waals surface area contributed by atoms with Crippen molar-refractivity contribution >= 4 is 0 Å². The zero-order chi connectivity index (χ0) is 20.1. The lowest BCUT2D eigenvalue weighted by atomic mass is 9.87. The Morgan fingerprint density at radius 1 is 1.17 bits per heavy atom. The number of ether oxygens (including phenoxy) is 1. The van der Waals surface area contributed by atoms with Gasteiger partial charge in [0.2, 0.25) is 0 Å². The van der Waals surface area contributed by atoms with Crippen LogP contribution in [0.2, 0.25) is 0 Å². The van der Waals surface area contributed by atoms with Crippen molar-refractivity contribution in [2.24, 2.45) is 11.8 Å². The largest absolute Gasteiger partial charge is 0.383 e. The molecule has 0 spiro atoms. The molecule has 4 N–H and O–H groups in total. The van der Waals surface area contributed by atoms with Crippen molar-refractivity contribution in [3.8, 4) is 0 Å². The summed E-state index contributed by atoms with van der Waals surface area (Å²) in [7, 11) is 1.73. The van der Waals surface area contributed by atoms with Gasteiger partial charge < -0.3 is 10.1 Å². The van der Waals surface area contributed by atoms with Crippen LogP contribution in [0.5, 0.6) is 0 Å². The highest BCUT2D eigenvalue weighted by Gasteiger charge is 2.41. The Morgan fingerprint density at radius 2 is 2.07 bits per heavy atom. The molecule has 1 aliphatic carbocycles. The van der Waals surface area contributed by atoms with E-state index in [1.807, 2.05) is 0 Å². The van der Waals surface area contributed by atoms with Gasteiger partial charge in [0, 0.05) is 26.1 Å². The molecule has 0 aromatic heterocycles. The first kappa shape index (κ1) is 21.9. The maximum Gasteiger partial charge on any atom is 0.146 e. The van der Waals surface area contributed by atoms with E-state index in [0.29, 0.717) is 18.1 Å². The number of nitrogens with one attached hydrogen (secondary N) is 4. The Balaban J connectivity index is 1.26. The highest BCUT2D eigenvalue weighted by Crippen LogP contribution is 2.32. The van der Waals surface area contributed by atoms with Crippen LogP contribution in [0.3, 0.4) is 0 Å². The fraction of sp³-hybridized carbons (Fsp3) is 1.00. The van der Waals surface area contributed by atoms with Crippen molar-refractivity contribution < 1.29 is 14.0 Å². The predicted octanol–water partition coefficient (Wildman–Crippen LogP) is 1.32. The van der Waals surface area contributed by atoms with Crippen LogP contribution >= 0.6 is 0 Å². The molecule has 168 valence electrons. The van der Waals surface area contributed by atoms with Gasteiger partial charge in [0.05, 0.1) is 25.0 Å². The second-order valence-electron chi connectivity index (χ2n) is 9.30. The van der Waals surface area contributed by atoms with E-state index in [0.717, 1.165) is 71.3 Å². The topological polar surface area (TPSA) is 69.8 Å². The van der Waals surface area contributed by atoms with Gasteiger partial charge in [0.1, 0.15) is 12.4 Å². The molecule has 0 aromatic carbocycles. The number of hydrogen-bond donors (Lipinski definition) is 4.